The summed E-state index contributed by atoms with van der Waals surface area (Å²) in [4.78, 5) is 0. The molecule has 1 atom stereocenters. The van der Waals surface area contributed by atoms with Gasteiger partial charge >= 0.3 is 0 Å². The molecule has 18 heavy (non-hydrogen) atoms. The van der Waals surface area contributed by atoms with Crippen LogP contribution in [0.1, 0.15) is 23.6 Å². The highest BCUT2D eigenvalue weighted by atomic mass is 32.2. The molecule has 0 saturated heterocycles. The van der Waals surface area contributed by atoms with Crippen LogP contribution in [0, 0.1) is 0 Å². The van der Waals surface area contributed by atoms with Gasteiger partial charge in [0.2, 0.25) is 0 Å². The van der Waals surface area contributed by atoms with Gasteiger partial charge in [0, 0.05) is 17.9 Å². The summed E-state index contributed by atoms with van der Waals surface area (Å²) in [5.74, 6) is 0.954. The SMILES string of the molecule is CNC(CS(C)(=O)=O)c1cccc2c1OCCC2. The van der Waals surface area contributed by atoms with E-state index in [0.29, 0.717) is 6.61 Å². The average molecular weight is 269 g/mol. The minimum absolute atomic E-state index is 0.0866. The van der Waals surface area contributed by atoms with Crippen LogP contribution in [-0.4, -0.2) is 34.1 Å². The number of ether oxygens (including phenoxy) is 1. The third kappa shape index (κ3) is 3.03. The van der Waals surface area contributed by atoms with Crippen molar-refractivity contribution < 1.29 is 13.2 Å². The molecule has 0 saturated carbocycles. The fourth-order valence-corrected chi connectivity index (χ4v) is 3.27. The summed E-state index contributed by atoms with van der Waals surface area (Å²) >= 11 is 0. The second-order valence-corrected chi connectivity index (χ2v) is 6.91. The molecule has 0 spiro atoms. The lowest BCUT2D eigenvalue weighted by Crippen LogP contribution is -2.26. The Morgan fingerprint density at radius 3 is 2.89 bits per heavy atom. The first-order valence-corrected chi connectivity index (χ1v) is 8.17. The molecule has 0 radical (unpaired) electrons. The molecule has 5 heteroatoms. The number of benzene rings is 1. The van der Waals surface area contributed by atoms with Gasteiger partial charge < -0.3 is 10.1 Å². The highest BCUT2D eigenvalue weighted by molar-refractivity contribution is 7.90. The fourth-order valence-electron chi connectivity index (χ4n) is 2.32. The van der Waals surface area contributed by atoms with Gasteiger partial charge in [0.05, 0.1) is 12.4 Å². The Bertz CT molecular complexity index is 525. The van der Waals surface area contributed by atoms with Gasteiger partial charge in [-0.05, 0) is 25.5 Å². The van der Waals surface area contributed by atoms with E-state index >= 15 is 0 Å². The lowest BCUT2D eigenvalue weighted by Gasteiger charge is -2.24. The molecule has 0 fully saturated rings. The van der Waals surface area contributed by atoms with Crippen molar-refractivity contribution in [3.8, 4) is 5.75 Å². The molecule has 1 aliphatic heterocycles. The van der Waals surface area contributed by atoms with E-state index in [-0.39, 0.29) is 11.8 Å². The van der Waals surface area contributed by atoms with Crippen molar-refractivity contribution in [1.29, 1.82) is 0 Å². The van der Waals surface area contributed by atoms with Crippen molar-refractivity contribution in [3.05, 3.63) is 29.3 Å². The van der Waals surface area contributed by atoms with Gasteiger partial charge in [-0.15, -0.1) is 0 Å². The van der Waals surface area contributed by atoms with Crippen LogP contribution in [0.4, 0.5) is 0 Å². The van der Waals surface area contributed by atoms with Crippen LogP contribution in [0.2, 0.25) is 0 Å². The van der Waals surface area contributed by atoms with E-state index in [1.165, 1.54) is 11.8 Å². The molecule has 2 rings (SSSR count). The Hall–Kier alpha value is -1.07. The zero-order chi connectivity index (χ0) is 13.2. The molecule has 100 valence electrons. The monoisotopic (exact) mass is 269 g/mol. The maximum absolute atomic E-state index is 11.5. The Balaban J connectivity index is 2.36. The van der Waals surface area contributed by atoms with Crippen LogP contribution < -0.4 is 10.1 Å². The molecular weight excluding hydrogens is 250 g/mol. The number of hydrogen-bond acceptors (Lipinski definition) is 4. The second kappa shape index (κ2) is 5.28. The molecule has 1 aromatic carbocycles. The summed E-state index contributed by atoms with van der Waals surface area (Å²) in [6.45, 7) is 0.708. The molecule has 1 aromatic rings. The van der Waals surface area contributed by atoms with Crippen molar-refractivity contribution in [2.45, 2.75) is 18.9 Å². The topological polar surface area (TPSA) is 55.4 Å². The Labute approximate surface area is 108 Å². The van der Waals surface area contributed by atoms with Gasteiger partial charge in [0.25, 0.3) is 0 Å². The van der Waals surface area contributed by atoms with Gasteiger partial charge in [0.1, 0.15) is 15.6 Å². The zero-order valence-electron chi connectivity index (χ0n) is 10.8. The maximum atomic E-state index is 11.5. The van der Waals surface area contributed by atoms with Crippen molar-refractivity contribution in [3.63, 3.8) is 0 Å². The number of fused-ring (bicyclic) bond motifs is 1. The summed E-state index contributed by atoms with van der Waals surface area (Å²) < 4.78 is 28.6. The lowest BCUT2D eigenvalue weighted by atomic mass is 9.99. The minimum Gasteiger partial charge on any atom is -0.493 e. The predicted molar refractivity (Wildman–Crippen MR) is 71.8 cm³/mol. The molecular formula is C13H19NO3S. The quantitative estimate of drug-likeness (QED) is 0.895. The van der Waals surface area contributed by atoms with Crippen LogP contribution >= 0.6 is 0 Å². The van der Waals surface area contributed by atoms with Crippen LogP contribution in [0.15, 0.2) is 18.2 Å². The second-order valence-electron chi connectivity index (χ2n) is 4.72. The van der Waals surface area contributed by atoms with E-state index < -0.39 is 9.84 Å². The summed E-state index contributed by atoms with van der Waals surface area (Å²) in [5.41, 5.74) is 2.12. The van der Waals surface area contributed by atoms with Gasteiger partial charge in [-0.2, -0.15) is 0 Å². The first-order valence-electron chi connectivity index (χ1n) is 6.11. The van der Waals surface area contributed by atoms with Crippen molar-refractivity contribution in [2.24, 2.45) is 0 Å². The molecule has 1 unspecified atom stereocenters. The smallest absolute Gasteiger partial charge is 0.149 e. The number of sulfone groups is 1. The molecule has 0 aliphatic carbocycles. The number of rotatable bonds is 4. The zero-order valence-corrected chi connectivity index (χ0v) is 11.6. The third-order valence-corrected chi connectivity index (χ3v) is 4.10. The molecule has 0 amide bonds. The van der Waals surface area contributed by atoms with E-state index in [1.54, 1.807) is 7.05 Å². The highest BCUT2D eigenvalue weighted by Gasteiger charge is 2.22. The first kappa shape index (κ1) is 13.4. The number of hydrogen-bond donors (Lipinski definition) is 1. The summed E-state index contributed by atoms with van der Waals surface area (Å²) in [6.07, 6.45) is 3.28. The van der Waals surface area contributed by atoms with Crippen molar-refractivity contribution in [1.82, 2.24) is 5.32 Å². The summed E-state index contributed by atoms with van der Waals surface area (Å²) in [5, 5.41) is 3.07. The standard InChI is InChI=1S/C13H19NO3S/c1-14-12(9-18(2,15)16)11-7-3-5-10-6-4-8-17-13(10)11/h3,5,7,12,14H,4,6,8-9H2,1-2H3. The van der Waals surface area contributed by atoms with Crippen LogP contribution in [0.25, 0.3) is 0 Å². The fraction of sp³-hybridized carbons (Fsp3) is 0.538. The van der Waals surface area contributed by atoms with Crippen LogP contribution in [-0.2, 0) is 16.3 Å². The van der Waals surface area contributed by atoms with Gasteiger partial charge in [-0.25, -0.2) is 8.42 Å². The Morgan fingerprint density at radius 1 is 1.44 bits per heavy atom. The number of para-hydroxylation sites is 1. The number of aryl methyl sites for hydroxylation is 1. The van der Waals surface area contributed by atoms with Crippen LogP contribution in [0.3, 0.4) is 0 Å². The van der Waals surface area contributed by atoms with Crippen molar-refractivity contribution >= 4 is 9.84 Å². The normalized spacial score (nSPS) is 16.8. The Kier molecular flexibility index (Phi) is 3.92. The van der Waals surface area contributed by atoms with E-state index in [1.807, 2.05) is 18.2 Å². The predicted octanol–water partition coefficient (Wildman–Crippen LogP) is 1.32. The molecule has 1 N–H and O–H groups in total. The molecule has 1 heterocycles. The summed E-state index contributed by atoms with van der Waals surface area (Å²) in [6, 6.07) is 5.74. The lowest BCUT2D eigenvalue weighted by molar-refractivity contribution is 0.283. The Morgan fingerprint density at radius 2 is 2.22 bits per heavy atom. The van der Waals surface area contributed by atoms with E-state index in [4.69, 9.17) is 4.74 Å². The van der Waals surface area contributed by atoms with E-state index in [2.05, 4.69) is 5.32 Å². The molecule has 0 bridgehead atoms. The maximum Gasteiger partial charge on any atom is 0.149 e. The first-order chi connectivity index (χ1) is 8.51. The molecule has 1 aliphatic rings. The molecule has 4 nitrogen and oxygen atoms in total. The molecule has 0 aromatic heterocycles. The third-order valence-electron chi connectivity index (χ3n) is 3.16. The highest BCUT2D eigenvalue weighted by Crippen LogP contribution is 2.33. The largest absolute Gasteiger partial charge is 0.493 e. The average Bonchev–Trinajstić information content (AvgIpc) is 2.34. The van der Waals surface area contributed by atoms with E-state index in [0.717, 1.165) is 24.2 Å². The van der Waals surface area contributed by atoms with Gasteiger partial charge in [-0.3, -0.25) is 0 Å². The minimum atomic E-state index is -3.03. The summed E-state index contributed by atoms with van der Waals surface area (Å²) in [7, 11) is -1.25. The van der Waals surface area contributed by atoms with Crippen LogP contribution in [0.5, 0.6) is 5.75 Å². The number of nitrogens with one attached hydrogen (secondary N) is 1. The van der Waals surface area contributed by atoms with Gasteiger partial charge in [-0.1, -0.05) is 18.2 Å². The van der Waals surface area contributed by atoms with E-state index in [9.17, 15) is 8.42 Å². The van der Waals surface area contributed by atoms with Crippen molar-refractivity contribution in [2.75, 3.05) is 25.7 Å². The van der Waals surface area contributed by atoms with Gasteiger partial charge in [0.15, 0.2) is 0 Å².